The molecule has 21 heavy (non-hydrogen) atoms. The zero-order valence-electron chi connectivity index (χ0n) is 14.6. The lowest BCUT2D eigenvalue weighted by molar-refractivity contribution is 0.0707. The predicted molar refractivity (Wildman–Crippen MR) is 91.6 cm³/mol. The molecule has 0 spiro atoms. The second kappa shape index (κ2) is 11.5. The van der Waals surface area contributed by atoms with Gasteiger partial charge >= 0.3 is 0 Å². The van der Waals surface area contributed by atoms with Gasteiger partial charge in [0, 0.05) is 12.5 Å². The molecule has 1 heterocycles. The normalized spacial score (nSPS) is 22.1. The molecule has 2 heteroatoms. The van der Waals surface area contributed by atoms with Crippen molar-refractivity contribution in [2.45, 2.75) is 103 Å². The molecular formula is C19H38FN. The lowest BCUT2D eigenvalue weighted by Crippen LogP contribution is -2.41. The van der Waals surface area contributed by atoms with Crippen LogP contribution in [0.1, 0.15) is 97.3 Å². The highest BCUT2D eigenvalue weighted by atomic mass is 19.1. The second-order valence-corrected chi connectivity index (χ2v) is 7.25. The molecule has 1 aliphatic rings. The first-order chi connectivity index (χ1) is 10.2. The van der Waals surface area contributed by atoms with Gasteiger partial charge in [0.05, 0.1) is 0 Å². The van der Waals surface area contributed by atoms with Crippen molar-refractivity contribution in [1.82, 2.24) is 5.32 Å². The van der Waals surface area contributed by atoms with E-state index in [4.69, 9.17) is 0 Å². The Balaban J connectivity index is 1.93. The minimum Gasteiger partial charge on any atom is -0.316 e. The quantitative estimate of drug-likeness (QED) is 0.434. The van der Waals surface area contributed by atoms with Crippen LogP contribution in [-0.4, -0.2) is 18.8 Å². The average Bonchev–Trinajstić information content (AvgIpc) is 2.50. The van der Waals surface area contributed by atoms with Gasteiger partial charge in [-0.1, -0.05) is 71.1 Å². The van der Waals surface area contributed by atoms with Gasteiger partial charge in [-0.15, -0.1) is 0 Å². The van der Waals surface area contributed by atoms with Crippen LogP contribution < -0.4 is 5.32 Å². The molecule has 0 saturated carbocycles. The van der Waals surface area contributed by atoms with E-state index in [1.165, 1.54) is 57.8 Å². The molecule has 1 N–H and O–H groups in total. The molecule has 0 aromatic carbocycles. The maximum absolute atomic E-state index is 14.7. The molecular weight excluding hydrogens is 261 g/mol. The average molecular weight is 300 g/mol. The van der Waals surface area contributed by atoms with Crippen molar-refractivity contribution in [1.29, 1.82) is 0 Å². The van der Waals surface area contributed by atoms with E-state index in [9.17, 15) is 4.39 Å². The van der Waals surface area contributed by atoms with Crippen LogP contribution in [-0.2, 0) is 0 Å². The summed E-state index contributed by atoms with van der Waals surface area (Å²) in [6.07, 6.45) is 16.2. The zero-order valence-corrected chi connectivity index (χ0v) is 14.6. The minimum absolute atomic E-state index is 0.241. The van der Waals surface area contributed by atoms with E-state index in [2.05, 4.69) is 12.2 Å². The van der Waals surface area contributed by atoms with Crippen molar-refractivity contribution >= 4 is 0 Å². The third-order valence-corrected chi connectivity index (χ3v) is 5.17. The van der Waals surface area contributed by atoms with Gasteiger partial charge in [0.1, 0.15) is 5.67 Å². The number of hydrogen-bond donors (Lipinski definition) is 1. The zero-order chi connectivity index (χ0) is 15.4. The standard InChI is InChI=1S/C19H38FN/c1-3-4-5-6-7-8-9-10-11-12-15-19(2,20)18-14-13-16-21-17-18/h18,21H,3-17H2,1-2H3. The minimum atomic E-state index is -0.951. The highest BCUT2D eigenvalue weighted by molar-refractivity contribution is 4.86. The Kier molecular flexibility index (Phi) is 10.3. The van der Waals surface area contributed by atoms with Crippen molar-refractivity contribution < 1.29 is 4.39 Å². The summed E-state index contributed by atoms with van der Waals surface area (Å²) in [5.41, 5.74) is -0.951. The van der Waals surface area contributed by atoms with Crippen LogP contribution in [0.4, 0.5) is 4.39 Å². The summed E-state index contributed by atoms with van der Waals surface area (Å²) in [7, 11) is 0. The highest BCUT2D eigenvalue weighted by Gasteiger charge is 2.34. The molecule has 0 aromatic rings. The summed E-state index contributed by atoms with van der Waals surface area (Å²) in [5, 5.41) is 3.34. The molecule has 1 nitrogen and oxygen atoms in total. The van der Waals surface area contributed by atoms with E-state index in [0.717, 1.165) is 38.8 Å². The lowest BCUT2D eigenvalue weighted by Gasteiger charge is -2.34. The number of nitrogens with one attached hydrogen (secondary N) is 1. The van der Waals surface area contributed by atoms with E-state index in [0.29, 0.717) is 0 Å². The Labute approximate surface area is 132 Å². The summed E-state index contributed by atoms with van der Waals surface area (Å²) in [4.78, 5) is 0. The number of rotatable bonds is 12. The molecule has 1 fully saturated rings. The van der Waals surface area contributed by atoms with Gasteiger partial charge in [0.2, 0.25) is 0 Å². The Morgan fingerprint density at radius 3 is 2.05 bits per heavy atom. The SMILES string of the molecule is CCCCCCCCCCCCC(C)(F)C1CCCNC1. The van der Waals surface area contributed by atoms with E-state index >= 15 is 0 Å². The van der Waals surface area contributed by atoms with Crippen LogP contribution in [0.5, 0.6) is 0 Å². The van der Waals surface area contributed by atoms with Crippen molar-refractivity contribution in [3.63, 3.8) is 0 Å². The number of alkyl halides is 1. The van der Waals surface area contributed by atoms with Gasteiger partial charge < -0.3 is 5.32 Å². The van der Waals surface area contributed by atoms with Crippen LogP contribution in [0.15, 0.2) is 0 Å². The van der Waals surface area contributed by atoms with Crippen LogP contribution in [0.25, 0.3) is 0 Å². The van der Waals surface area contributed by atoms with Gasteiger partial charge in [-0.25, -0.2) is 4.39 Å². The first kappa shape index (κ1) is 18.9. The summed E-state index contributed by atoms with van der Waals surface area (Å²) in [6.45, 7) is 6.05. The molecule has 126 valence electrons. The molecule has 1 aliphatic heterocycles. The molecule has 2 unspecified atom stereocenters. The maximum atomic E-state index is 14.7. The largest absolute Gasteiger partial charge is 0.316 e. The van der Waals surface area contributed by atoms with Crippen molar-refractivity contribution in [2.24, 2.45) is 5.92 Å². The summed E-state index contributed by atoms with van der Waals surface area (Å²) in [6, 6.07) is 0. The third kappa shape index (κ3) is 8.80. The summed E-state index contributed by atoms with van der Waals surface area (Å²) < 4.78 is 14.7. The Bertz CT molecular complexity index is 234. The Morgan fingerprint density at radius 2 is 1.52 bits per heavy atom. The Morgan fingerprint density at radius 1 is 0.952 bits per heavy atom. The monoisotopic (exact) mass is 299 g/mol. The third-order valence-electron chi connectivity index (χ3n) is 5.17. The summed E-state index contributed by atoms with van der Waals surface area (Å²) >= 11 is 0. The molecule has 0 bridgehead atoms. The number of unbranched alkanes of at least 4 members (excludes halogenated alkanes) is 9. The van der Waals surface area contributed by atoms with E-state index in [1.807, 2.05) is 6.92 Å². The van der Waals surface area contributed by atoms with E-state index < -0.39 is 5.67 Å². The van der Waals surface area contributed by atoms with Crippen LogP contribution in [0.2, 0.25) is 0 Å². The fourth-order valence-corrected chi connectivity index (χ4v) is 3.53. The second-order valence-electron chi connectivity index (χ2n) is 7.25. The molecule has 1 saturated heterocycles. The topological polar surface area (TPSA) is 12.0 Å². The fraction of sp³-hybridized carbons (Fsp3) is 1.00. The van der Waals surface area contributed by atoms with Gasteiger partial charge in [-0.3, -0.25) is 0 Å². The van der Waals surface area contributed by atoms with Crippen LogP contribution in [0, 0.1) is 5.92 Å². The number of halogens is 1. The first-order valence-electron chi connectivity index (χ1n) is 9.56. The highest BCUT2D eigenvalue weighted by Crippen LogP contribution is 2.32. The smallest absolute Gasteiger partial charge is 0.112 e. The molecule has 0 radical (unpaired) electrons. The van der Waals surface area contributed by atoms with Gasteiger partial charge in [-0.05, 0) is 32.7 Å². The van der Waals surface area contributed by atoms with Crippen molar-refractivity contribution in [2.75, 3.05) is 13.1 Å². The van der Waals surface area contributed by atoms with E-state index in [-0.39, 0.29) is 5.92 Å². The Hall–Kier alpha value is -0.110. The van der Waals surface area contributed by atoms with Gasteiger partial charge in [0.25, 0.3) is 0 Å². The van der Waals surface area contributed by atoms with Gasteiger partial charge in [0.15, 0.2) is 0 Å². The molecule has 0 amide bonds. The van der Waals surface area contributed by atoms with Gasteiger partial charge in [-0.2, -0.15) is 0 Å². The number of hydrogen-bond acceptors (Lipinski definition) is 1. The van der Waals surface area contributed by atoms with Crippen LogP contribution >= 0.6 is 0 Å². The molecule has 0 aliphatic carbocycles. The van der Waals surface area contributed by atoms with Crippen LogP contribution in [0.3, 0.4) is 0 Å². The number of piperidine rings is 1. The maximum Gasteiger partial charge on any atom is 0.112 e. The molecule has 1 rings (SSSR count). The van der Waals surface area contributed by atoms with Crippen molar-refractivity contribution in [3.8, 4) is 0 Å². The predicted octanol–water partition coefficient (Wildman–Crippen LogP) is 6.03. The molecule has 2 atom stereocenters. The lowest BCUT2D eigenvalue weighted by atomic mass is 9.81. The fourth-order valence-electron chi connectivity index (χ4n) is 3.53. The first-order valence-corrected chi connectivity index (χ1v) is 9.56. The molecule has 0 aromatic heterocycles. The van der Waals surface area contributed by atoms with Crippen molar-refractivity contribution in [3.05, 3.63) is 0 Å². The summed E-state index contributed by atoms with van der Waals surface area (Å²) in [5.74, 6) is 0.241. The van der Waals surface area contributed by atoms with E-state index in [1.54, 1.807) is 0 Å².